The van der Waals surface area contributed by atoms with Gasteiger partial charge in [-0.3, -0.25) is 10.0 Å². The number of anilines is 1. The Hall–Kier alpha value is -3.38. The standard InChI is InChI=1S/C17H22N3O9/c1-17(2,3)29-15(24)13(9-6-4-5-7-11(9)20(26)27)28-16(25)19-10(14(22)23)8-12(18)21/h4-7,10,13,26H,8H2,1-3H3,(H2,18,21)(H,19,25)(H,22,23)/q-1/t10-,13?/m1/s1. The largest absolute Gasteiger partial charge is 0.733 e. The highest BCUT2D eigenvalue weighted by Gasteiger charge is 2.33. The van der Waals surface area contributed by atoms with Crippen LogP contribution < -0.4 is 16.3 Å². The number of benzene rings is 1. The predicted molar refractivity (Wildman–Crippen MR) is 97.5 cm³/mol. The molecule has 1 aromatic rings. The van der Waals surface area contributed by atoms with E-state index in [1.54, 1.807) is 20.8 Å². The van der Waals surface area contributed by atoms with E-state index in [0.29, 0.717) is 0 Å². The first-order valence-electron chi connectivity index (χ1n) is 8.28. The predicted octanol–water partition coefficient (Wildman–Crippen LogP) is 0.818. The summed E-state index contributed by atoms with van der Waals surface area (Å²) in [5.41, 5.74) is 3.33. The third-order valence-corrected chi connectivity index (χ3v) is 3.27. The number of ether oxygens (including phenoxy) is 2. The second kappa shape index (κ2) is 9.71. The molecule has 0 saturated carbocycles. The molecule has 0 aliphatic heterocycles. The lowest BCUT2D eigenvalue weighted by molar-refractivity contribution is -0.165. The Labute approximate surface area is 165 Å². The van der Waals surface area contributed by atoms with Crippen LogP contribution in [0, 0.1) is 5.21 Å². The average molecular weight is 412 g/mol. The number of primary amides is 1. The van der Waals surface area contributed by atoms with E-state index in [1.165, 1.54) is 18.2 Å². The number of carboxylic acids is 1. The molecule has 1 rings (SSSR count). The van der Waals surface area contributed by atoms with Crippen LogP contribution in [-0.2, 0) is 23.9 Å². The van der Waals surface area contributed by atoms with Crippen LogP contribution >= 0.6 is 0 Å². The van der Waals surface area contributed by atoms with Crippen LogP contribution in [0.4, 0.5) is 10.5 Å². The number of aliphatic carboxylic acids is 1. The molecule has 2 amide bonds. The fraction of sp³-hybridized carbons (Fsp3) is 0.412. The number of nitrogens with two attached hydrogens (primary N) is 1. The summed E-state index contributed by atoms with van der Waals surface area (Å²) in [7, 11) is 0. The summed E-state index contributed by atoms with van der Waals surface area (Å²) in [6.45, 7) is 4.65. The van der Waals surface area contributed by atoms with Gasteiger partial charge < -0.3 is 36.1 Å². The van der Waals surface area contributed by atoms with Crippen molar-refractivity contribution in [3.63, 3.8) is 0 Å². The summed E-state index contributed by atoms with van der Waals surface area (Å²) in [4.78, 5) is 46.8. The molecule has 0 heterocycles. The van der Waals surface area contributed by atoms with E-state index in [4.69, 9.17) is 20.3 Å². The van der Waals surface area contributed by atoms with E-state index in [1.807, 2.05) is 5.32 Å². The van der Waals surface area contributed by atoms with E-state index in [9.17, 15) is 29.6 Å². The van der Waals surface area contributed by atoms with Gasteiger partial charge in [0.15, 0.2) is 0 Å². The van der Waals surface area contributed by atoms with Gasteiger partial charge in [-0.1, -0.05) is 18.2 Å². The van der Waals surface area contributed by atoms with Gasteiger partial charge in [-0.2, -0.15) is 0 Å². The number of nitrogens with one attached hydrogen (secondary N) is 1. The summed E-state index contributed by atoms with van der Waals surface area (Å²) in [6.07, 6.45) is -3.93. The molecule has 1 aromatic carbocycles. The van der Waals surface area contributed by atoms with Crippen molar-refractivity contribution >= 4 is 29.6 Å². The highest BCUT2D eigenvalue weighted by molar-refractivity contribution is 5.87. The Kier molecular flexibility index (Phi) is 7.92. The smallest absolute Gasteiger partial charge is 0.409 e. The summed E-state index contributed by atoms with van der Waals surface area (Å²) >= 11 is 0. The number of hydrogen-bond donors (Lipinski definition) is 4. The van der Waals surface area contributed by atoms with E-state index in [-0.39, 0.29) is 5.56 Å². The first-order valence-corrected chi connectivity index (χ1v) is 8.28. The van der Waals surface area contributed by atoms with Crippen molar-refractivity contribution in [2.75, 3.05) is 5.23 Å². The molecule has 1 unspecified atom stereocenters. The molecular formula is C17H22N3O9-. The molecule has 12 nitrogen and oxygen atoms in total. The SMILES string of the molecule is CC(C)(C)OC(=O)C(OC(=O)N[C@H](CC(N)=O)C(=O)O)c1ccccc1N([O-])O. The summed E-state index contributed by atoms with van der Waals surface area (Å²) in [5, 5.41) is 31.1. The third-order valence-electron chi connectivity index (χ3n) is 3.27. The summed E-state index contributed by atoms with van der Waals surface area (Å²) in [5.74, 6) is -3.63. The van der Waals surface area contributed by atoms with Crippen LogP contribution in [0.15, 0.2) is 24.3 Å². The highest BCUT2D eigenvalue weighted by Crippen LogP contribution is 2.30. The monoisotopic (exact) mass is 412 g/mol. The Morgan fingerprint density at radius 1 is 1.24 bits per heavy atom. The van der Waals surface area contributed by atoms with Crippen LogP contribution in [-0.4, -0.2) is 45.9 Å². The van der Waals surface area contributed by atoms with Crippen LogP contribution in [0.1, 0.15) is 38.9 Å². The number of para-hydroxylation sites is 1. The first-order chi connectivity index (χ1) is 13.3. The van der Waals surface area contributed by atoms with E-state index >= 15 is 0 Å². The number of hydrogen-bond acceptors (Lipinski definition) is 9. The molecule has 0 aromatic heterocycles. The molecule has 12 heteroatoms. The molecule has 2 atom stereocenters. The quantitative estimate of drug-likeness (QED) is 0.351. The molecule has 0 bridgehead atoms. The lowest BCUT2D eigenvalue weighted by Gasteiger charge is -2.29. The number of alkyl carbamates (subject to hydrolysis) is 1. The van der Waals surface area contributed by atoms with Crippen LogP contribution in [0.5, 0.6) is 0 Å². The lowest BCUT2D eigenvalue weighted by atomic mass is 10.1. The van der Waals surface area contributed by atoms with Crippen molar-refractivity contribution in [3.8, 4) is 0 Å². The zero-order chi connectivity index (χ0) is 22.4. The van der Waals surface area contributed by atoms with Crippen LogP contribution in [0.3, 0.4) is 0 Å². The first kappa shape index (κ1) is 23.7. The van der Waals surface area contributed by atoms with E-state index in [2.05, 4.69) is 0 Å². The van der Waals surface area contributed by atoms with Crippen molar-refractivity contribution in [1.29, 1.82) is 0 Å². The van der Waals surface area contributed by atoms with Crippen LogP contribution in [0.2, 0.25) is 0 Å². The number of carboxylic acid groups (broad SMARTS) is 1. The minimum absolute atomic E-state index is 0.212. The number of nitrogens with zero attached hydrogens (tertiary/aromatic N) is 1. The maximum Gasteiger partial charge on any atom is 0.409 e. The van der Waals surface area contributed by atoms with Crippen molar-refractivity contribution in [2.24, 2.45) is 5.73 Å². The Bertz CT molecular complexity index is 774. The van der Waals surface area contributed by atoms with Gasteiger partial charge in [-0.15, -0.1) is 0 Å². The Balaban J connectivity index is 3.19. The highest BCUT2D eigenvalue weighted by atomic mass is 16.8. The number of rotatable bonds is 8. The molecule has 0 fully saturated rings. The van der Waals surface area contributed by atoms with Gasteiger partial charge in [0, 0.05) is 5.56 Å². The van der Waals surface area contributed by atoms with Crippen molar-refractivity contribution < 1.29 is 39.0 Å². The fourth-order valence-electron chi connectivity index (χ4n) is 2.16. The van der Waals surface area contributed by atoms with Gasteiger partial charge in [0.05, 0.1) is 12.1 Å². The van der Waals surface area contributed by atoms with Gasteiger partial charge >= 0.3 is 18.0 Å². The lowest BCUT2D eigenvalue weighted by Crippen LogP contribution is -2.44. The minimum atomic E-state index is -1.82. The van der Waals surface area contributed by atoms with Gasteiger partial charge in [0.2, 0.25) is 12.0 Å². The van der Waals surface area contributed by atoms with E-state index in [0.717, 1.165) is 6.07 Å². The van der Waals surface area contributed by atoms with Gasteiger partial charge in [-0.25, -0.2) is 14.4 Å². The van der Waals surface area contributed by atoms with Gasteiger partial charge in [0.25, 0.3) is 0 Å². The summed E-state index contributed by atoms with van der Waals surface area (Å²) < 4.78 is 10.2. The molecule has 160 valence electrons. The normalized spacial score (nSPS) is 13.0. The molecule has 0 spiro atoms. The number of carbonyl (C=O) groups is 4. The fourth-order valence-corrected chi connectivity index (χ4v) is 2.16. The zero-order valence-electron chi connectivity index (χ0n) is 15.9. The Morgan fingerprint density at radius 2 is 1.83 bits per heavy atom. The maximum atomic E-state index is 12.5. The van der Waals surface area contributed by atoms with Gasteiger partial charge in [-0.05, 0) is 26.8 Å². The molecule has 5 N–H and O–H groups in total. The second-order valence-electron chi connectivity index (χ2n) is 6.86. The van der Waals surface area contributed by atoms with E-state index < -0.39 is 59.0 Å². The van der Waals surface area contributed by atoms with Crippen molar-refractivity contribution in [3.05, 3.63) is 35.0 Å². The molecule has 0 saturated heterocycles. The third kappa shape index (κ3) is 7.63. The summed E-state index contributed by atoms with van der Waals surface area (Å²) in [6, 6.07) is 3.49. The van der Waals surface area contributed by atoms with Crippen LogP contribution in [0.25, 0.3) is 0 Å². The Morgan fingerprint density at radius 3 is 2.31 bits per heavy atom. The molecule has 29 heavy (non-hydrogen) atoms. The molecular weight excluding hydrogens is 390 g/mol. The number of esters is 1. The maximum absolute atomic E-state index is 12.5. The van der Waals surface area contributed by atoms with Gasteiger partial charge in [0.1, 0.15) is 11.6 Å². The molecule has 0 aliphatic carbocycles. The van der Waals surface area contributed by atoms with Crippen molar-refractivity contribution in [1.82, 2.24) is 5.32 Å². The topological polar surface area (TPSA) is 192 Å². The number of amides is 2. The zero-order valence-corrected chi connectivity index (χ0v) is 15.9. The minimum Gasteiger partial charge on any atom is -0.733 e. The average Bonchev–Trinajstić information content (AvgIpc) is 2.57. The molecule has 0 radical (unpaired) electrons. The van der Waals surface area contributed by atoms with Crippen molar-refractivity contribution in [2.45, 2.75) is 44.9 Å². The molecule has 0 aliphatic rings. The number of carbonyl (C=O) groups excluding carboxylic acids is 3. The second-order valence-corrected chi connectivity index (χ2v) is 6.86.